The summed E-state index contributed by atoms with van der Waals surface area (Å²) in [5, 5.41) is 0. The second kappa shape index (κ2) is 3.33. The fourth-order valence-corrected chi connectivity index (χ4v) is 0.836. The van der Waals surface area contributed by atoms with Gasteiger partial charge < -0.3 is 4.74 Å². The Kier molecular flexibility index (Phi) is 2.37. The van der Waals surface area contributed by atoms with Gasteiger partial charge in [-0.25, -0.2) is 0 Å². The summed E-state index contributed by atoms with van der Waals surface area (Å²) < 4.78 is 5.29. The standard InChI is InChI=1S/C8H12O/c1-2-5-8-6-3-4-7-9-8/h3-4,6H,2,5,7H2,1H3. The van der Waals surface area contributed by atoms with Crippen LogP contribution >= 0.6 is 0 Å². The van der Waals surface area contributed by atoms with E-state index in [1.165, 1.54) is 6.42 Å². The Balaban J connectivity index is 2.38. The van der Waals surface area contributed by atoms with Gasteiger partial charge in [-0.1, -0.05) is 13.0 Å². The minimum atomic E-state index is 0.756. The predicted octanol–water partition coefficient (Wildman–Crippen LogP) is 2.26. The largest absolute Gasteiger partial charge is 0.494 e. The molecule has 0 saturated carbocycles. The molecule has 1 aliphatic heterocycles. The van der Waals surface area contributed by atoms with Crippen LogP contribution in [0.15, 0.2) is 24.0 Å². The summed E-state index contributed by atoms with van der Waals surface area (Å²) in [5.74, 6) is 1.13. The molecule has 1 heteroatoms. The Morgan fingerprint density at radius 1 is 1.67 bits per heavy atom. The first kappa shape index (κ1) is 6.40. The molecule has 1 nitrogen and oxygen atoms in total. The molecule has 0 radical (unpaired) electrons. The number of ether oxygens (including phenoxy) is 1. The van der Waals surface area contributed by atoms with Crippen molar-refractivity contribution in [2.45, 2.75) is 19.8 Å². The van der Waals surface area contributed by atoms with Crippen molar-refractivity contribution in [3.63, 3.8) is 0 Å². The van der Waals surface area contributed by atoms with Crippen LogP contribution in [0, 0.1) is 0 Å². The zero-order chi connectivity index (χ0) is 6.53. The van der Waals surface area contributed by atoms with Gasteiger partial charge in [-0.2, -0.15) is 0 Å². The molecule has 1 heterocycles. The summed E-state index contributed by atoms with van der Waals surface area (Å²) in [4.78, 5) is 0. The van der Waals surface area contributed by atoms with Crippen molar-refractivity contribution >= 4 is 0 Å². The molecule has 1 rings (SSSR count). The van der Waals surface area contributed by atoms with E-state index in [4.69, 9.17) is 4.74 Å². The van der Waals surface area contributed by atoms with Crippen molar-refractivity contribution in [2.24, 2.45) is 0 Å². The highest BCUT2D eigenvalue weighted by atomic mass is 16.5. The lowest BCUT2D eigenvalue weighted by molar-refractivity contribution is 0.231. The molecule has 0 saturated heterocycles. The first-order valence-corrected chi connectivity index (χ1v) is 3.42. The van der Waals surface area contributed by atoms with Gasteiger partial charge in [0.2, 0.25) is 0 Å². The number of hydrogen-bond donors (Lipinski definition) is 0. The molecule has 0 spiro atoms. The maximum absolute atomic E-state index is 5.29. The van der Waals surface area contributed by atoms with Gasteiger partial charge in [0.1, 0.15) is 6.61 Å². The average molecular weight is 124 g/mol. The van der Waals surface area contributed by atoms with Crippen molar-refractivity contribution in [1.82, 2.24) is 0 Å². The van der Waals surface area contributed by atoms with E-state index in [9.17, 15) is 0 Å². The van der Waals surface area contributed by atoms with Crippen LogP contribution < -0.4 is 0 Å². The Hall–Kier alpha value is -0.720. The minimum absolute atomic E-state index is 0.756. The van der Waals surface area contributed by atoms with E-state index < -0.39 is 0 Å². The molecule has 0 aromatic carbocycles. The van der Waals surface area contributed by atoms with Crippen LogP contribution in [0.25, 0.3) is 0 Å². The minimum Gasteiger partial charge on any atom is -0.494 e. The van der Waals surface area contributed by atoms with E-state index in [0.29, 0.717) is 0 Å². The smallest absolute Gasteiger partial charge is 0.106 e. The van der Waals surface area contributed by atoms with Gasteiger partial charge in [-0.3, -0.25) is 0 Å². The molecule has 50 valence electrons. The zero-order valence-electron chi connectivity index (χ0n) is 5.76. The van der Waals surface area contributed by atoms with Crippen LogP contribution in [0.4, 0.5) is 0 Å². The van der Waals surface area contributed by atoms with E-state index >= 15 is 0 Å². The lowest BCUT2D eigenvalue weighted by atomic mass is 10.2. The van der Waals surface area contributed by atoms with Gasteiger partial charge in [0.05, 0.1) is 5.76 Å². The van der Waals surface area contributed by atoms with Gasteiger partial charge in [-0.05, 0) is 18.6 Å². The molecular formula is C8H12O. The highest BCUT2D eigenvalue weighted by Crippen LogP contribution is 2.09. The molecule has 0 fully saturated rings. The van der Waals surface area contributed by atoms with Crippen LogP contribution in [0.1, 0.15) is 19.8 Å². The van der Waals surface area contributed by atoms with Crippen LogP contribution in [-0.2, 0) is 4.74 Å². The maximum atomic E-state index is 5.29. The second-order valence-corrected chi connectivity index (χ2v) is 2.12. The van der Waals surface area contributed by atoms with Gasteiger partial charge in [0.15, 0.2) is 0 Å². The number of rotatable bonds is 2. The Morgan fingerprint density at radius 3 is 3.11 bits per heavy atom. The van der Waals surface area contributed by atoms with E-state index in [-0.39, 0.29) is 0 Å². The van der Waals surface area contributed by atoms with E-state index in [1.54, 1.807) is 0 Å². The first-order valence-electron chi connectivity index (χ1n) is 3.42. The van der Waals surface area contributed by atoms with E-state index in [0.717, 1.165) is 18.8 Å². The van der Waals surface area contributed by atoms with Gasteiger partial charge in [0.25, 0.3) is 0 Å². The lowest BCUT2D eigenvalue weighted by Gasteiger charge is -2.09. The Bertz CT molecular complexity index is 134. The van der Waals surface area contributed by atoms with Gasteiger partial charge in [0, 0.05) is 6.42 Å². The van der Waals surface area contributed by atoms with E-state index in [1.807, 2.05) is 12.2 Å². The summed E-state index contributed by atoms with van der Waals surface area (Å²) in [6.07, 6.45) is 8.34. The molecule has 0 amide bonds. The monoisotopic (exact) mass is 124 g/mol. The van der Waals surface area contributed by atoms with Crippen molar-refractivity contribution in [1.29, 1.82) is 0 Å². The quantitative estimate of drug-likeness (QED) is 0.548. The maximum Gasteiger partial charge on any atom is 0.106 e. The molecule has 0 aromatic rings. The molecular weight excluding hydrogens is 112 g/mol. The summed E-state index contributed by atoms with van der Waals surface area (Å²) in [7, 11) is 0. The molecule has 0 atom stereocenters. The number of allylic oxidation sites excluding steroid dienone is 3. The third-order valence-corrected chi connectivity index (χ3v) is 1.28. The predicted molar refractivity (Wildman–Crippen MR) is 38.1 cm³/mol. The molecule has 1 aliphatic rings. The lowest BCUT2D eigenvalue weighted by Crippen LogP contribution is -1.95. The summed E-state index contributed by atoms with van der Waals surface area (Å²) in [6.45, 7) is 2.91. The van der Waals surface area contributed by atoms with Crippen LogP contribution in [-0.4, -0.2) is 6.61 Å². The van der Waals surface area contributed by atoms with Gasteiger partial charge in [-0.15, -0.1) is 0 Å². The topological polar surface area (TPSA) is 9.23 Å². The van der Waals surface area contributed by atoms with Crippen molar-refractivity contribution < 1.29 is 4.74 Å². The molecule has 0 unspecified atom stereocenters. The third kappa shape index (κ3) is 1.92. The zero-order valence-corrected chi connectivity index (χ0v) is 5.76. The fraction of sp³-hybridized carbons (Fsp3) is 0.500. The van der Waals surface area contributed by atoms with Crippen molar-refractivity contribution in [3.05, 3.63) is 24.0 Å². The highest BCUT2D eigenvalue weighted by molar-refractivity contribution is 5.11. The van der Waals surface area contributed by atoms with Crippen LogP contribution in [0.5, 0.6) is 0 Å². The summed E-state index contributed by atoms with van der Waals surface area (Å²) >= 11 is 0. The fourth-order valence-electron chi connectivity index (χ4n) is 0.836. The van der Waals surface area contributed by atoms with Crippen molar-refractivity contribution in [2.75, 3.05) is 6.61 Å². The molecule has 0 aliphatic carbocycles. The Labute approximate surface area is 56.0 Å². The van der Waals surface area contributed by atoms with E-state index in [2.05, 4.69) is 13.0 Å². The van der Waals surface area contributed by atoms with Crippen molar-refractivity contribution in [3.8, 4) is 0 Å². The third-order valence-electron chi connectivity index (χ3n) is 1.28. The second-order valence-electron chi connectivity index (χ2n) is 2.12. The first-order chi connectivity index (χ1) is 4.43. The Morgan fingerprint density at radius 2 is 2.56 bits per heavy atom. The normalized spacial score (nSPS) is 16.8. The van der Waals surface area contributed by atoms with Gasteiger partial charge >= 0.3 is 0 Å². The molecule has 0 N–H and O–H groups in total. The highest BCUT2D eigenvalue weighted by Gasteiger charge is 1.96. The molecule has 9 heavy (non-hydrogen) atoms. The molecule has 0 aromatic heterocycles. The molecule has 0 bridgehead atoms. The summed E-state index contributed by atoms with van der Waals surface area (Å²) in [5.41, 5.74) is 0. The average Bonchev–Trinajstić information content (AvgIpc) is 1.91. The SMILES string of the molecule is CCCC1=CC=CCO1. The van der Waals surface area contributed by atoms with Crippen LogP contribution in [0.2, 0.25) is 0 Å². The number of hydrogen-bond acceptors (Lipinski definition) is 1. The summed E-state index contributed by atoms with van der Waals surface area (Å²) in [6, 6.07) is 0. The van der Waals surface area contributed by atoms with Crippen LogP contribution in [0.3, 0.4) is 0 Å².